The van der Waals surface area contributed by atoms with E-state index >= 15 is 0 Å². The lowest BCUT2D eigenvalue weighted by molar-refractivity contribution is -0.127. The molecule has 9 heteroatoms. The lowest BCUT2D eigenvalue weighted by Gasteiger charge is -2.42. The van der Waals surface area contributed by atoms with Crippen LogP contribution in [0.2, 0.25) is 0 Å². The zero-order valence-electron chi connectivity index (χ0n) is 13.1. The second-order valence-corrected chi connectivity index (χ2v) is 8.60. The van der Waals surface area contributed by atoms with Crippen LogP contribution in [0, 0.1) is 3.77 Å². The smallest absolute Gasteiger partial charge is 0.255 e. The Kier molecular flexibility index (Phi) is 4.71. The van der Waals surface area contributed by atoms with Gasteiger partial charge in [-0.25, -0.2) is 5.01 Å². The van der Waals surface area contributed by atoms with Crippen molar-refractivity contribution in [1.29, 1.82) is 0 Å². The summed E-state index contributed by atoms with van der Waals surface area (Å²) in [6.07, 6.45) is -0.363. The maximum absolute atomic E-state index is 12.8. The molecule has 25 heavy (non-hydrogen) atoms. The average Bonchev–Trinajstić information content (AvgIpc) is 2.93. The molecule has 0 aliphatic carbocycles. The van der Waals surface area contributed by atoms with E-state index in [-0.39, 0.29) is 12.1 Å². The second-order valence-electron chi connectivity index (χ2n) is 5.51. The maximum Gasteiger partial charge on any atom is 0.255 e. The zero-order chi connectivity index (χ0) is 17.6. The van der Waals surface area contributed by atoms with E-state index in [0.717, 1.165) is 25.2 Å². The predicted molar refractivity (Wildman–Crippen MR) is 110 cm³/mol. The van der Waals surface area contributed by atoms with Crippen LogP contribution in [0.15, 0.2) is 44.3 Å². The van der Waals surface area contributed by atoms with Gasteiger partial charge in [-0.15, -0.1) is 5.10 Å². The first-order chi connectivity index (χ1) is 12.1. The number of carbonyl (C=O) groups excluding carboxylic acids is 1. The van der Waals surface area contributed by atoms with Crippen molar-refractivity contribution in [3.05, 3.63) is 49.9 Å². The highest BCUT2D eigenvalue weighted by atomic mass is 127. The topological polar surface area (TPSA) is 69.9 Å². The number of hydrogen-bond donors (Lipinski definition) is 2. The predicted octanol–water partition coefficient (Wildman–Crippen LogP) is 4.27. The van der Waals surface area contributed by atoms with E-state index in [0.29, 0.717) is 10.9 Å². The number of thioether (sulfide) groups is 1. The van der Waals surface area contributed by atoms with Gasteiger partial charge in [0.25, 0.3) is 5.91 Å². The molecule has 2 aliphatic heterocycles. The number of hydrazone groups is 1. The molecule has 0 bridgehead atoms. The molecule has 6 nitrogen and oxygen atoms in total. The largest absolute Gasteiger partial charge is 0.450 e. The number of anilines is 1. The molecule has 3 heterocycles. The molecule has 0 radical (unpaired) electrons. The number of amidine groups is 1. The molecule has 1 aromatic heterocycles. The average molecular weight is 533 g/mol. The molecule has 4 rings (SSSR count). The van der Waals surface area contributed by atoms with Gasteiger partial charge in [0.15, 0.2) is 26.9 Å². The van der Waals surface area contributed by atoms with Crippen LogP contribution in [0.4, 0.5) is 5.69 Å². The number of benzene rings is 1. The molecule has 0 saturated heterocycles. The summed E-state index contributed by atoms with van der Waals surface area (Å²) in [5.74, 6) is 1.46. The van der Waals surface area contributed by atoms with Crippen molar-refractivity contribution in [2.75, 3.05) is 11.1 Å². The summed E-state index contributed by atoms with van der Waals surface area (Å²) in [6, 6.07) is 9.21. The molecular weight excluding hydrogens is 519 g/mol. The van der Waals surface area contributed by atoms with E-state index in [4.69, 9.17) is 4.42 Å². The number of rotatable bonds is 2. The van der Waals surface area contributed by atoms with E-state index in [1.807, 2.05) is 37.3 Å². The number of nitrogens with one attached hydrogen (secondary N) is 2. The monoisotopic (exact) mass is 532 g/mol. The van der Waals surface area contributed by atoms with Crippen molar-refractivity contribution >= 4 is 67.0 Å². The number of carbonyl (C=O) groups is 1. The van der Waals surface area contributed by atoms with Crippen LogP contribution < -0.4 is 10.6 Å². The normalized spacial score (nSPS) is 21.8. The summed E-state index contributed by atoms with van der Waals surface area (Å²) in [6.45, 7) is 2.03. The minimum absolute atomic E-state index is 0.0785. The Labute approximate surface area is 171 Å². The molecule has 130 valence electrons. The second kappa shape index (κ2) is 6.84. The molecule has 2 atom stereocenters. The van der Waals surface area contributed by atoms with Gasteiger partial charge in [0.1, 0.15) is 0 Å². The number of nitrogens with zero attached hydrogens (tertiary/aromatic N) is 2. The molecule has 0 spiro atoms. The molecule has 2 N–H and O–H groups in total. The summed E-state index contributed by atoms with van der Waals surface area (Å²) in [7, 11) is 0. The van der Waals surface area contributed by atoms with Crippen LogP contribution in [-0.4, -0.2) is 21.8 Å². The van der Waals surface area contributed by atoms with Gasteiger partial charge in [0.05, 0.1) is 4.47 Å². The molecule has 0 unspecified atom stereocenters. The van der Waals surface area contributed by atoms with Crippen LogP contribution in [0.3, 0.4) is 0 Å². The van der Waals surface area contributed by atoms with Gasteiger partial charge in [-0.1, -0.05) is 36.9 Å². The van der Waals surface area contributed by atoms with Crippen LogP contribution in [0.1, 0.15) is 30.5 Å². The summed E-state index contributed by atoms with van der Waals surface area (Å²) in [4.78, 5) is 12.8. The molecule has 1 amide bonds. The van der Waals surface area contributed by atoms with Crippen molar-refractivity contribution < 1.29 is 9.21 Å². The van der Waals surface area contributed by atoms with E-state index in [2.05, 4.69) is 54.3 Å². The fourth-order valence-corrected chi connectivity index (χ4v) is 4.27. The van der Waals surface area contributed by atoms with Gasteiger partial charge in [-0.05, 0) is 33.8 Å². The summed E-state index contributed by atoms with van der Waals surface area (Å²) >= 11 is 7.12. The number of hydrogen-bond acceptors (Lipinski definition) is 6. The summed E-state index contributed by atoms with van der Waals surface area (Å²) in [5.41, 5.74) is 1.81. The molecule has 1 aromatic carbocycles. The van der Waals surface area contributed by atoms with Crippen LogP contribution in [0.5, 0.6) is 0 Å². The van der Waals surface area contributed by atoms with Crippen molar-refractivity contribution in [2.24, 2.45) is 5.10 Å². The first-order valence-corrected chi connectivity index (χ1v) is 10.5. The first kappa shape index (κ1) is 17.2. The zero-order valence-corrected chi connectivity index (χ0v) is 17.7. The first-order valence-electron chi connectivity index (χ1n) is 7.69. The third-order valence-electron chi connectivity index (χ3n) is 3.98. The van der Waals surface area contributed by atoms with Crippen molar-refractivity contribution in [3.63, 3.8) is 0 Å². The molecule has 0 fully saturated rings. The van der Waals surface area contributed by atoms with E-state index in [1.54, 1.807) is 5.01 Å². The number of fused-ring (bicyclic) bond motifs is 3. The van der Waals surface area contributed by atoms with Gasteiger partial charge in [-0.3, -0.25) is 4.79 Å². The lowest BCUT2D eigenvalue weighted by Crippen LogP contribution is -2.50. The fourth-order valence-electron chi connectivity index (χ4n) is 2.95. The summed E-state index contributed by atoms with van der Waals surface area (Å²) in [5, 5.41) is 13.4. The van der Waals surface area contributed by atoms with Gasteiger partial charge in [0.2, 0.25) is 0 Å². The van der Waals surface area contributed by atoms with Crippen LogP contribution in [0.25, 0.3) is 0 Å². The lowest BCUT2D eigenvalue weighted by atomic mass is 9.99. The minimum atomic E-state index is -0.495. The number of amides is 1. The minimum Gasteiger partial charge on any atom is -0.450 e. The molecule has 0 saturated carbocycles. The highest BCUT2D eigenvalue weighted by molar-refractivity contribution is 14.1. The van der Waals surface area contributed by atoms with E-state index in [1.165, 1.54) is 11.8 Å². The Balaban J connectivity index is 1.84. The Bertz CT molecular complexity index is 852. The van der Waals surface area contributed by atoms with Gasteiger partial charge in [0, 0.05) is 33.8 Å². The Morgan fingerprint density at radius 1 is 1.44 bits per heavy atom. The maximum atomic E-state index is 12.8. The van der Waals surface area contributed by atoms with Crippen molar-refractivity contribution in [3.8, 4) is 0 Å². The molecular formula is C16H14BrIN4O2S. The Hall–Kier alpha value is -1.20. The third-order valence-corrected chi connectivity index (χ3v) is 6.85. The van der Waals surface area contributed by atoms with Crippen LogP contribution >= 0.6 is 50.3 Å². The Morgan fingerprint density at radius 3 is 2.96 bits per heavy atom. The highest BCUT2D eigenvalue weighted by Gasteiger charge is 2.43. The van der Waals surface area contributed by atoms with Crippen LogP contribution in [-0.2, 0) is 4.79 Å². The Morgan fingerprint density at radius 2 is 2.24 bits per heavy atom. The number of halogens is 2. The summed E-state index contributed by atoms with van der Waals surface area (Å²) < 4.78 is 7.52. The standard InChI is InChI=1S/C16H14BrIN4O2S/c1-2-25-16-20-15(23)12-8-5-3-4-6-10(8)19-14(22(12)21-16)11-7-9(17)13(18)24-11/h3-7,12,14,19H,2H2,1H3,(H,20,21,23)/t12-,14+/m1/s1. The SMILES string of the molecule is CCSC1=NN2[C@@H](c3cc(Br)c(I)o3)Nc3ccccc3[C@@H]2C(=O)N1. The molecule has 2 aliphatic rings. The van der Waals surface area contributed by atoms with Crippen molar-refractivity contribution in [1.82, 2.24) is 10.3 Å². The quantitative estimate of drug-likeness (QED) is 0.565. The van der Waals surface area contributed by atoms with Crippen molar-refractivity contribution in [2.45, 2.75) is 19.1 Å². The fraction of sp³-hybridized carbons (Fsp3) is 0.250. The van der Waals surface area contributed by atoms with E-state index in [9.17, 15) is 4.79 Å². The number of furan rings is 1. The van der Waals surface area contributed by atoms with E-state index < -0.39 is 6.04 Å². The van der Waals surface area contributed by atoms with Gasteiger partial charge < -0.3 is 15.1 Å². The highest BCUT2D eigenvalue weighted by Crippen LogP contribution is 2.43. The number of para-hydroxylation sites is 1. The molecule has 2 aromatic rings. The third kappa shape index (κ3) is 3.06. The van der Waals surface area contributed by atoms with Gasteiger partial charge >= 0.3 is 0 Å². The van der Waals surface area contributed by atoms with Gasteiger partial charge in [-0.2, -0.15) is 0 Å².